The highest BCUT2D eigenvalue weighted by Gasteiger charge is 2.25. The molecule has 1 aliphatic rings. The van der Waals surface area contributed by atoms with Crippen LogP contribution in [-0.4, -0.2) is 17.1 Å². The van der Waals surface area contributed by atoms with Crippen LogP contribution in [0.25, 0.3) is 0 Å². The molecule has 3 nitrogen and oxygen atoms in total. The molecule has 1 fully saturated rings. The van der Waals surface area contributed by atoms with Gasteiger partial charge in [-0.1, -0.05) is 19.9 Å². The summed E-state index contributed by atoms with van der Waals surface area (Å²) in [6.07, 6.45) is 3.66. The number of benzene rings is 1. The molecule has 18 heavy (non-hydrogen) atoms. The summed E-state index contributed by atoms with van der Waals surface area (Å²) in [5.41, 5.74) is 1.26. The summed E-state index contributed by atoms with van der Waals surface area (Å²) < 4.78 is 0. The maximum Gasteiger partial charge on any atom is 0.335 e. The molecule has 0 spiro atoms. The van der Waals surface area contributed by atoms with Gasteiger partial charge in [-0.2, -0.15) is 0 Å². The Labute approximate surface area is 108 Å². The number of anilines is 1. The molecule has 3 atom stereocenters. The topological polar surface area (TPSA) is 49.3 Å². The van der Waals surface area contributed by atoms with Gasteiger partial charge in [0, 0.05) is 11.7 Å². The van der Waals surface area contributed by atoms with Crippen molar-refractivity contribution < 1.29 is 9.90 Å². The molecule has 0 aliphatic heterocycles. The van der Waals surface area contributed by atoms with E-state index in [1.54, 1.807) is 18.2 Å². The average molecular weight is 247 g/mol. The van der Waals surface area contributed by atoms with Crippen LogP contribution in [-0.2, 0) is 0 Å². The van der Waals surface area contributed by atoms with Crippen molar-refractivity contribution in [1.29, 1.82) is 0 Å². The molecule has 3 unspecified atom stereocenters. The van der Waals surface area contributed by atoms with Crippen LogP contribution in [0.3, 0.4) is 0 Å². The standard InChI is InChI=1S/C15H21NO2/c1-10-6-7-14(11(2)8-10)16-13-5-3-4-12(9-13)15(17)18/h3-5,9-11,14,16H,6-8H2,1-2H3,(H,17,18). The normalized spacial score (nSPS) is 27.8. The number of nitrogens with one attached hydrogen (secondary N) is 1. The highest BCUT2D eigenvalue weighted by atomic mass is 16.4. The number of carbonyl (C=O) groups is 1. The second-order valence-electron chi connectivity index (χ2n) is 5.53. The van der Waals surface area contributed by atoms with Gasteiger partial charge in [0.05, 0.1) is 5.56 Å². The van der Waals surface area contributed by atoms with E-state index in [9.17, 15) is 4.79 Å². The molecule has 1 saturated carbocycles. The lowest BCUT2D eigenvalue weighted by Crippen LogP contribution is -2.33. The summed E-state index contributed by atoms with van der Waals surface area (Å²) in [4.78, 5) is 10.9. The second kappa shape index (κ2) is 5.42. The van der Waals surface area contributed by atoms with E-state index in [2.05, 4.69) is 19.2 Å². The third-order valence-corrected chi connectivity index (χ3v) is 3.89. The smallest absolute Gasteiger partial charge is 0.335 e. The van der Waals surface area contributed by atoms with Gasteiger partial charge < -0.3 is 10.4 Å². The lowest BCUT2D eigenvalue weighted by Gasteiger charge is -2.33. The van der Waals surface area contributed by atoms with Gasteiger partial charge in [0.1, 0.15) is 0 Å². The van der Waals surface area contributed by atoms with E-state index >= 15 is 0 Å². The number of carboxylic acids is 1. The molecule has 1 aromatic carbocycles. The molecule has 0 saturated heterocycles. The zero-order valence-electron chi connectivity index (χ0n) is 11.0. The van der Waals surface area contributed by atoms with E-state index in [0.29, 0.717) is 17.5 Å². The fourth-order valence-electron chi connectivity index (χ4n) is 2.84. The molecule has 0 heterocycles. The number of aromatic carboxylic acids is 1. The van der Waals surface area contributed by atoms with Crippen LogP contribution in [0.4, 0.5) is 5.69 Å². The van der Waals surface area contributed by atoms with Gasteiger partial charge in [-0.3, -0.25) is 0 Å². The zero-order chi connectivity index (χ0) is 13.1. The van der Waals surface area contributed by atoms with E-state index in [4.69, 9.17) is 5.11 Å². The highest BCUT2D eigenvalue weighted by molar-refractivity contribution is 5.88. The average Bonchev–Trinajstić information content (AvgIpc) is 2.33. The van der Waals surface area contributed by atoms with Crippen LogP contribution < -0.4 is 5.32 Å². The second-order valence-corrected chi connectivity index (χ2v) is 5.53. The minimum atomic E-state index is -0.871. The van der Waals surface area contributed by atoms with Crippen molar-refractivity contribution in [2.24, 2.45) is 11.8 Å². The van der Waals surface area contributed by atoms with Crippen LogP contribution in [0.15, 0.2) is 24.3 Å². The van der Waals surface area contributed by atoms with Crippen LogP contribution in [0.5, 0.6) is 0 Å². The predicted molar refractivity (Wildman–Crippen MR) is 73.0 cm³/mol. The molecule has 0 aromatic heterocycles. The first-order chi connectivity index (χ1) is 8.56. The fourth-order valence-corrected chi connectivity index (χ4v) is 2.84. The Hall–Kier alpha value is -1.51. The Kier molecular flexibility index (Phi) is 3.90. The molecule has 98 valence electrons. The first-order valence-corrected chi connectivity index (χ1v) is 6.66. The summed E-state index contributed by atoms with van der Waals surface area (Å²) >= 11 is 0. The first-order valence-electron chi connectivity index (χ1n) is 6.66. The van der Waals surface area contributed by atoms with E-state index in [-0.39, 0.29) is 0 Å². The third-order valence-electron chi connectivity index (χ3n) is 3.89. The number of rotatable bonds is 3. The van der Waals surface area contributed by atoms with Crippen LogP contribution in [0.2, 0.25) is 0 Å². The first kappa shape index (κ1) is 12.9. The van der Waals surface area contributed by atoms with E-state index in [0.717, 1.165) is 11.6 Å². The van der Waals surface area contributed by atoms with Crippen molar-refractivity contribution in [3.05, 3.63) is 29.8 Å². The summed E-state index contributed by atoms with van der Waals surface area (Å²) in [5.74, 6) is 0.578. The molecule has 0 radical (unpaired) electrons. The molecule has 1 aliphatic carbocycles. The maximum absolute atomic E-state index is 10.9. The summed E-state index contributed by atoms with van der Waals surface area (Å²) in [6.45, 7) is 4.58. The third kappa shape index (κ3) is 3.03. The van der Waals surface area contributed by atoms with Crippen LogP contribution >= 0.6 is 0 Å². The van der Waals surface area contributed by atoms with Crippen molar-refractivity contribution in [2.45, 2.75) is 39.2 Å². The van der Waals surface area contributed by atoms with E-state index in [1.165, 1.54) is 19.3 Å². The Bertz CT molecular complexity index is 430. The predicted octanol–water partition coefficient (Wildman–Crippen LogP) is 3.62. The fraction of sp³-hybridized carbons (Fsp3) is 0.533. The van der Waals surface area contributed by atoms with Crippen molar-refractivity contribution in [1.82, 2.24) is 0 Å². The number of hydrogen-bond acceptors (Lipinski definition) is 2. The summed E-state index contributed by atoms with van der Waals surface area (Å²) in [6, 6.07) is 7.54. The van der Waals surface area contributed by atoms with Crippen LogP contribution in [0.1, 0.15) is 43.5 Å². The Morgan fingerprint density at radius 2 is 2.11 bits per heavy atom. The maximum atomic E-state index is 10.9. The monoisotopic (exact) mass is 247 g/mol. The van der Waals surface area contributed by atoms with Gasteiger partial charge in [-0.05, 0) is 49.3 Å². The van der Waals surface area contributed by atoms with Crippen molar-refractivity contribution in [3.8, 4) is 0 Å². The summed E-state index contributed by atoms with van der Waals surface area (Å²) in [5, 5.41) is 12.5. The van der Waals surface area contributed by atoms with Gasteiger partial charge >= 0.3 is 5.97 Å². The minimum absolute atomic E-state index is 0.344. The van der Waals surface area contributed by atoms with Crippen molar-refractivity contribution in [2.75, 3.05) is 5.32 Å². The van der Waals surface area contributed by atoms with E-state index in [1.807, 2.05) is 6.07 Å². The molecular formula is C15H21NO2. The lowest BCUT2D eigenvalue weighted by atomic mass is 9.80. The van der Waals surface area contributed by atoms with Gasteiger partial charge in [-0.15, -0.1) is 0 Å². The largest absolute Gasteiger partial charge is 0.478 e. The van der Waals surface area contributed by atoms with Gasteiger partial charge in [-0.25, -0.2) is 4.79 Å². The molecule has 1 aromatic rings. The SMILES string of the molecule is CC1CCC(Nc2cccc(C(=O)O)c2)C(C)C1. The van der Waals surface area contributed by atoms with E-state index < -0.39 is 5.97 Å². The minimum Gasteiger partial charge on any atom is -0.478 e. The van der Waals surface area contributed by atoms with Crippen molar-refractivity contribution in [3.63, 3.8) is 0 Å². The Morgan fingerprint density at radius 3 is 2.78 bits per heavy atom. The zero-order valence-corrected chi connectivity index (χ0v) is 11.0. The van der Waals surface area contributed by atoms with Crippen LogP contribution in [0, 0.1) is 11.8 Å². The quantitative estimate of drug-likeness (QED) is 0.857. The van der Waals surface area contributed by atoms with Gasteiger partial charge in [0.2, 0.25) is 0 Å². The van der Waals surface area contributed by atoms with Gasteiger partial charge in [0.15, 0.2) is 0 Å². The molecular weight excluding hydrogens is 226 g/mol. The molecule has 3 heteroatoms. The molecule has 0 amide bonds. The summed E-state index contributed by atoms with van der Waals surface area (Å²) in [7, 11) is 0. The number of carboxylic acid groups (broad SMARTS) is 1. The lowest BCUT2D eigenvalue weighted by molar-refractivity contribution is 0.0697. The molecule has 0 bridgehead atoms. The highest BCUT2D eigenvalue weighted by Crippen LogP contribution is 2.30. The molecule has 2 N–H and O–H groups in total. The number of hydrogen-bond donors (Lipinski definition) is 2. The molecule has 2 rings (SSSR count). The van der Waals surface area contributed by atoms with Crippen molar-refractivity contribution >= 4 is 11.7 Å². The van der Waals surface area contributed by atoms with Gasteiger partial charge in [0.25, 0.3) is 0 Å². The Morgan fingerprint density at radius 1 is 1.33 bits per heavy atom. The Balaban J connectivity index is 2.05.